The van der Waals surface area contributed by atoms with Crippen molar-refractivity contribution in [2.45, 2.75) is 64.2 Å². The SMILES string of the molecule is CCCn1nc(C)cc1CN(C)c1ccc(NS(=O)(=O)c2ccc(C(C)C)cc2)cc1C(=O)O.O=C(O)C(F)(F)F. The molecule has 0 bridgehead atoms. The molecule has 1 heterocycles. The molecular formula is C27H33F3N4O6S. The number of aliphatic carboxylic acids is 1. The van der Waals surface area contributed by atoms with Gasteiger partial charge in [0.1, 0.15) is 0 Å². The number of carboxylic acid groups (broad SMARTS) is 2. The first-order chi connectivity index (χ1) is 19.0. The van der Waals surface area contributed by atoms with Gasteiger partial charge < -0.3 is 15.1 Å². The molecule has 41 heavy (non-hydrogen) atoms. The first kappa shape index (κ1) is 33.1. The third-order valence-corrected chi connectivity index (χ3v) is 7.21. The highest BCUT2D eigenvalue weighted by Crippen LogP contribution is 2.27. The summed E-state index contributed by atoms with van der Waals surface area (Å²) in [6.45, 7) is 9.32. The second-order valence-electron chi connectivity index (χ2n) is 9.53. The number of benzene rings is 2. The summed E-state index contributed by atoms with van der Waals surface area (Å²) in [6.07, 6.45) is -4.15. The molecule has 0 atom stereocenters. The van der Waals surface area contributed by atoms with Gasteiger partial charge in [-0.05, 0) is 61.2 Å². The van der Waals surface area contributed by atoms with Crippen molar-refractivity contribution >= 4 is 33.3 Å². The summed E-state index contributed by atoms with van der Waals surface area (Å²) in [4.78, 5) is 22.9. The van der Waals surface area contributed by atoms with Crippen LogP contribution in [0, 0.1) is 6.92 Å². The number of hydrogen-bond donors (Lipinski definition) is 3. The first-order valence-electron chi connectivity index (χ1n) is 12.5. The molecule has 3 rings (SSSR count). The lowest BCUT2D eigenvalue weighted by molar-refractivity contribution is -0.192. The van der Waals surface area contributed by atoms with Gasteiger partial charge in [-0.3, -0.25) is 9.40 Å². The minimum atomic E-state index is -5.08. The molecule has 2 aromatic carbocycles. The molecule has 0 amide bonds. The molecule has 14 heteroatoms. The van der Waals surface area contributed by atoms with Crippen molar-refractivity contribution in [3.05, 3.63) is 71.0 Å². The Kier molecular flexibility index (Phi) is 10.9. The van der Waals surface area contributed by atoms with Gasteiger partial charge in [-0.15, -0.1) is 0 Å². The molecule has 0 saturated heterocycles. The zero-order chi connectivity index (χ0) is 31.1. The van der Waals surface area contributed by atoms with Gasteiger partial charge in [0.25, 0.3) is 10.0 Å². The summed E-state index contributed by atoms with van der Waals surface area (Å²) in [5.74, 6) is -3.60. The van der Waals surface area contributed by atoms with Gasteiger partial charge in [-0.1, -0.05) is 32.9 Å². The highest BCUT2D eigenvalue weighted by Gasteiger charge is 2.38. The summed E-state index contributed by atoms with van der Waals surface area (Å²) in [5, 5.41) is 21.4. The van der Waals surface area contributed by atoms with E-state index >= 15 is 0 Å². The van der Waals surface area contributed by atoms with Gasteiger partial charge in [0.05, 0.1) is 34.1 Å². The van der Waals surface area contributed by atoms with Crippen LogP contribution >= 0.6 is 0 Å². The lowest BCUT2D eigenvalue weighted by Gasteiger charge is -2.22. The van der Waals surface area contributed by atoms with Crippen molar-refractivity contribution in [3.8, 4) is 0 Å². The molecule has 10 nitrogen and oxygen atoms in total. The number of aryl methyl sites for hydroxylation is 2. The molecule has 0 spiro atoms. The summed E-state index contributed by atoms with van der Waals surface area (Å²) in [7, 11) is -2.05. The fourth-order valence-electron chi connectivity index (χ4n) is 3.81. The Labute approximate surface area is 236 Å². The van der Waals surface area contributed by atoms with Gasteiger partial charge in [-0.25, -0.2) is 18.0 Å². The summed E-state index contributed by atoms with van der Waals surface area (Å²) in [5.41, 5.74) is 3.61. The van der Waals surface area contributed by atoms with Crippen LogP contribution in [0.25, 0.3) is 0 Å². The number of sulfonamides is 1. The van der Waals surface area contributed by atoms with Crippen molar-refractivity contribution < 1.29 is 41.4 Å². The van der Waals surface area contributed by atoms with Gasteiger partial charge in [0.2, 0.25) is 0 Å². The monoisotopic (exact) mass is 598 g/mol. The maximum atomic E-state index is 12.8. The van der Waals surface area contributed by atoms with E-state index in [-0.39, 0.29) is 22.1 Å². The van der Waals surface area contributed by atoms with E-state index < -0.39 is 28.1 Å². The maximum Gasteiger partial charge on any atom is 0.490 e. The van der Waals surface area contributed by atoms with Crippen molar-refractivity contribution in [3.63, 3.8) is 0 Å². The fraction of sp³-hybridized carbons (Fsp3) is 0.370. The van der Waals surface area contributed by atoms with E-state index in [1.54, 1.807) is 43.4 Å². The third kappa shape index (κ3) is 9.23. The zero-order valence-electron chi connectivity index (χ0n) is 23.2. The van der Waals surface area contributed by atoms with E-state index in [9.17, 15) is 31.5 Å². The molecule has 0 fully saturated rings. The topological polar surface area (TPSA) is 142 Å². The average molecular weight is 599 g/mol. The van der Waals surface area contributed by atoms with Crippen LogP contribution in [-0.2, 0) is 27.9 Å². The average Bonchev–Trinajstić information content (AvgIpc) is 3.21. The highest BCUT2D eigenvalue weighted by atomic mass is 32.2. The van der Waals surface area contributed by atoms with Gasteiger partial charge in [0.15, 0.2) is 0 Å². The van der Waals surface area contributed by atoms with E-state index in [4.69, 9.17) is 9.90 Å². The molecule has 0 aliphatic carbocycles. The predicted octanol–water partition coefficient (Wildman–Crippen LogP) is 5.49. The van der Waals surface area contributed by atoms with Crippen molar-refractivity contribution in [2.75, 3.05) is 16.7 Å². The van der Waals surface area contributed by atoms with E-state index in [1.807, 2.05) is 36.4 Å². The van der Waals surface area contributed by atoms with Crippen LogP contribution in [-0.4, -0.2) is 53.6 Å². The minimum Gasteiger partial charge on any atom is -0.478 e. The Balaban J connectivity index is 0.000000745. The second-order valence-corrected chi connectivity index (χ2v) is 11.2. The zero-order valence-corrected chi connectivity index (χ0v) is 24.0. The van der Waals surface area contributed by atoms with E-state index in [2.05, 4.69) is 16.7 Å². The smallest absolute Gasteiger partial charge is 0.478 e. The number of nitrogens with one attached hydrogen (secondary N) is 1. The molecule has 3 N–H and O–H groups in total. The molecule has 0 unspecified atom stereocenters. The van der Waals surface area contributed by atoms with Gasteiger partial charge >= 0.3 is 18.1 Å². The van der Waals surface area contributed by atoms with Crippen LogP contribution in [0.4, 0.5) is 24.5 Å². The lowest BCUT2D eigenvalue weighted by Crippen LogP contribution is -2.22. The summed E-state index contributed by atoms with van der Waals surface area (Å²) in [6, 6.07) is 13.2. The lowest BCUT2D eigenvalue weighted by atomic mass is 10.0. The van der Waals surface area contributed by atoms with Crippen molar-refractivity contribution in [1.82, 2.24) is 9.78 Å². The van der Waals surface area contributed by atoms with Crippen molar-refractivity contribution in [2.24, 2.45) is 0 Å². The molecule has 224 valence electrons. The predicted molar refractivity (Wildman–Crippen MR) is 148 cm³/mol. The Morgan fingerprint density at radius 3 is 2.15 bits per heavy atom. The molecule has 0 radical (unpaired) electrons. The number of nitrogens with zero attached hydrogens (tertiary/aromatic N) is 3. The Hall–Kier alpha value is -4.07. The number of hydrogen-bond acceptors (Lipinski definition) is 6. The van der Waals surface area contributed by atoms with Gasteiger partial charge in [0, 0.05) is 19.3 Å². The molecule has 0 aliphatic heterocycles. The highest BCUT2D eigenvalue weighted by molar-refractivity contribution is 7.92. The van der Waals surface area contributed by atoms with Crippen LogP contribution in [0.3, 0.4) is 0 Å². The summed E-state index contributed by atoms with van der Waals surface area (Å²) >= 11 is 0. The van der Waals surface area contributed by atoms with Crippen LogP contribution in [0.2, 0.25) is 0 Å². The van der Waals surface area contributed by atoms with Crippen LogP contribution < -0.4 is 9.62 Å². The maximum absolute atomic E-state index is 12.8. The Bertz CT molecular complexity index is 1470. The number of carboxylic acids is 2. The number of rotatable bonds is 10. The molecular weight excluding hydrogens is 565 g/mol. The first-order valence-corrected chi connectivity index (χ1v) is 14.0. The Morgan fingerprint density at radius 2 is 1.66 bits per heavy atom. The molecule has 0 saturated carbocycles. The van der Waals surface area contributed by atoms with E-state index in [0.717, 1.165) is 29.9 Å². The fourth-order valence-corrected chi connectivity index (χ4v) is 4.86. The van der Waals surface area contributed by atoms with E-state index in [1.165, 1.54) is 6.07 Å². The third-order valence-electron chi connectivity index (χ3n) is 5.81. The standard InChI is InChI=1S/C25H32N4O4S.C2HF3O2/c1-6-13-29-21(14-18(4)26-29)16-28(5)24-12-9-20(15-23(24)25(30)31)27-34(32,33)22-10-7-19(8-11-22)17(2)3;3-2(4,5)1(6)7/h7-12,14-15,17,27H,6,13,16H2,1-5H3,(H,30,31);(H,6,7). The number of aromatic nitrogens is 2. The quantitative estimate of drug-likeness (QED) is 0.278. The van der Waals surface area contributed by atoms with Crippen molar-refractivity contribution in [1.29, 1.82) is 0 Å². The largest absolute Gasteiger partial charge is 0.490 e. The normalized spacial score (nSPS) is 11.5. The minimum absolute atomic E-state index is 0.0103. The molecule has 3 aromatic rings. The molecule has 0 aliphatic rings. The van der Waals surface area contributed by atoms with Crippen LogP contribution in [0.5, 0.6) is 0 Å². The van der Waals surface area contributed by atoms with Crippen LogP contribution in [0.15, 0.2) is 53.4 Å². The number of alkyl halides is 3. The van der Waals surface area contributed by atoms with Crippen LogP contribution in [0.1, 0.15) is 60.4 Å². The summed E-state index contributed by atoms with van der Waals surface area (Å²) < 4.78 is 61.9. The number of aromatic carboxylic acids is 1. The molecule has 1 aromatic heterocycles. The number of carbonyl (C=O) groups is 2. The van der Waals surface area contributed by atoms with Gasteiger partial charge in [-0.2, -0.15) is 18.3 Å². The number of halogens is 3. The number of anilines is 2. The Morgan fingerprint density at radius 1 is 1.07 bits per heavy atom. The van der Waals surface area contributed by atoms with E-state index in [0.29, 0.717) is 12.2 Å². The second kappa shape index (κ2) is 13.5.